The van der Waals surface area contributed by atoms with E-state index in [9.17, 15) is 14.7 Å². The minimum atomic E-state index is -0.572. The van der Waals surface area contributed by atoms with Crippen LogP contribution in [0.25, 0.3) is 0 Å². The van der Waals surface area contributed by atoms with Gasteiger partial charge in [0, 0.05) is 41.3 Å². The van der Waals surface area contributed by atoms with Gasteiger partial charge in [0.2, 0.25) is 5.91 Å². The molecule has 1 aliphatic rings. The van der Waals surface area contributed by atoms with Crippen LogP contribution in [0.1, 0.15) is 90.6 Å². The van der Waals surface area contributed by atoms with Gasteiger partial charge in [0.1, 0.15) is 0 Å². The fourth-order valence-electron chi connectivity index (χ4n) is 4.21. The first-order valence-electron chi connectivity index (χ1n) is 12.5. The molecule has 34 heavy (non-hydrogen) atoms. The van der Waals surface area contributed by atoms with E-state index in [0.717, 1.165) is 29.7 Å². The lowest BCUT2D eigenvalue weighted by molar-refractivity contribution is -0.119. The molecule has 2 amide bonds. The number of nitrogens with one attached hydrogen (secondary N) is 2. The van der Waals surface area contributed by atoms with E-state index in [1.165, 1.54) is 0 Å². The minimum Gasteiger partial charge on any atom is -0.393 e. The lowest BCUT2D eigenvalue weighted by Gasteiger charge is -2.35. The number of hydrogen-bond acceptors (Lipinski definition) is 4. The number of carbonyl (C=O) groups is 2. The number of aryl methyl sites for hydroxylation is 1. The molecule has 190 valence electrons. The molecule has 1 aliphatic heterocycles. The molecule has 0 spiro atoms. The molecule has 1 aromatic rings. The Kier molecular flexibility index (Phi) is 9.49. The second-order valence-electron chi connectivity index (χ2n) is 11.9. The molecule has 0 saturated carbocycles. The Morgan fingerprint density at radius 2 is 1.59 bits per heavy atom. The van der Waals surface area contributed by atoms with Crippen LogP contribution in [-0.4, -0.2) is 58.1 Å². The summed E-state index contributed by atoms with van der Waals surface area (Å²) in [5.41, 5.74) is 2.79. The van der Waals surface area contributed by atoms with Crippen molar-refractivity contribution in [3.63, 3.8) is 0 Å². The third kappa shape index (κ3) is 8.88. The number of amides is 2. The predicted molar refractivity (Wildman–Crippen MR) is 139 cm³/mol. The van der Waals surface area contributed by atoms with E-state index < -0.39 is 6.10 Å². The van der Waals surface area contributed by atoms with Crippen molar-refractivity contribution < 1.29 is 14.7 Å². The second-order valence-corrected chi connectivity index (χ2v) is 11.9. The normalized spacial score (nSPS) is 16.5. The van der Waals surface area contributed by atoms with Gasteiger partial charge in [-0.15, -0.1) is 0 Å². The molecule has 6 nitrogen and oxygen atoms in total. The molecule has 1 heterocycles. The second kappa shape index (κ2) is 11.5. The predicted octanol–water partition coefficient (Wildman–Crippen LogP) is 4.22. The monoisotopic (exact) mass is 471 g/mol. The molecular formula is C28H45N3O3. The number of nitrogens with zero attached hydrogens (tertiary/aromatic N) is 1. The Morgan fingerprint density at radius 1 is 1.00 bits per heavy atom. The molecule has 0 aromatic heterocycles. The quantitative estimate of drug-likeness (QED) is 0.530. The molecule has 2 rings (SSSR count). The van der Waals surface area contributed by atoms with Gasteiger partial charge in [-0.3, -0.25) is 14.5 Å². The molecular weight excluding hydrogens is 426 g/mol. The first-order chi connectivity index (χ1) is 15.7. The summed E-state index contributed by atoms with van der Waals surface area (Å²) >= 11 is 0. The highest BCUT2D eigenvalue weighted by atomic mass is 16.3. The van der Waals surface area contributed by atoms with Gasteiger partial charge in [-0.2, -0.15) is 0 Å². The number of hydrogen-bond donors (Lipinski definition) is 3. The van der Waals surface area contributed by atoms with E-state index in [1.54, 1.807) is 0 Å². The van der Waals surface area contributed by atoms with Gasteiger partial charge in [-0.25, -0.2) is 0 Å². The largest absolute Gasteiger partial charge is 0.393 e. The fourth-order valence-corrected chi connectivity index (χ4v) is 4.21. The Morgan fingerprint density at radius 3 is 2.18 bits per heavy atom. The summed E-state index contributed by atoms with van der Waals surface area (Å²) in [6.45, 7) is 17.6. The van der Waals surface area contributed by atoms with Crippen molar-refractivity contribution in [1.29, 1.82) is 0 Å². The van der Waals surface area contributed by atoms with Crippen LogP contribution in [0.5, 0.6) is 0 Å². The van der Waals surface area contributed by atoms with Crippen LogP contribution in [0.15, 0.2) is 35.4 Å². The summed E-state index contributed by atoms with van der Waals surface area (Å²) < 4.78 is 0. The van der Waals surface area contributed by atoms with Gasteiger partial charge in [-0.1, -0.05) is 23.8 Å². The van der Waals surface area contributed by atoms with Crippen LogP contribution in [-0.2, 0) is 11.2 Å². The number of rotatable bonds is 8. The van der Waals surface area contributed by atoms with Crippen molar-refractivity contribution in [2.45, 2.75) is 104 Å². The van der Waals surface area contributed by atoms with Crippen LogP contribution in [0, 0.1) is 0 Å². The summed E-state index contributed by atoms with van der Waals surface area (Å²) in [5.74, 6) is -0.133. The zero-order chi connectivity index (χ0) is 25.7. The Balaban J connectivity index is 2.13. The Bertz CT molecular complexity index is 891. The lowest BCUT2D eigenvalue weighted by Crippen LogP contribution is -2.46. The highest BCUT2D eigenvalue weighted by Gasteiger charge is 2.28. The van der Waals surface area contributed by atoms with Gasteiger partial charge in [0.15, 0.2) is 0 Å². The van der Waals surface area contributed by atoms with E-state index in [-0.39, 0.29) is 22.9 Å². The number of aliphatic hydroxyl groups is 1. The minimum absolute atomic E-state index is 0.0377. The lowest BCUT2D eigenvalue weighted by atomic mass is 9.91. The van der Waals surface area contributed by atoms with Gasteiger partial charge in [0.05, 0.1) is 6.10 Å². The summed E-state index contributed by atoms with van der Waals surface area (Å²) in [5, 5.41) is 17.0. The molecule has 6 heteroatoms. The third-order valence-corrected chi connectivity index (χ3v) is 5.96. The standard InChI is InChI=1S/C28H45N3O3/c1-19(2)31-16-15-21(24(18-31)26(34)30-28(6,7)8)17-22(32)14-13-20-11-9-10-12-23(20)25(33)29-27(3,4)5/h9-12,19,22,32H,13-18H2,1-8H3,(H,29,33)(H,30,34)/t22-/m1/s1. The van der Waals surface area contributed by atoms with Crippen molar-refractivity contribution in [3.8, 4) is 0 Å². The molecule has 1 atom stereocenters. The molecule has 1 aromatic carbocycles. The van der Waals surface area contributed by atoms with Crippen molar-refractivity contribution in [2.24, 2.45) is 0 Å². The summed E-state index contributed by atoms with van der Waals surface area (Å²) in [6.07, 6.45) is 1.83. The number of carbonyl (C=O) groups excluding carboxylic acids is 2. The third-order valence-electron chi connectivity index (χ3n) is 5.96. The fraction of sp³-hybridized carbons (Fsp3) is 0.643. The molecule has 0 bridgehead atoms. The van der Waals surface area contributed by atoms with Gasteiger partial charge < -0.3 is 15.7 Å². The smallest absolute Gasteiger partial charge is 0.251 e. The topological polar surface area (TPSA) is 81.7 Å². The molecule has 0 saturated heterocycles. The molecule has 0 radical (unpaired) electrons. The van der Waals surface area contributed by atoms with Crippen LogP contribution >= 0.6 is 0 Å². The van der Waals surface area contributed by atoms with E-state index in [0.29, 0.717) is 37.4 Å². The zero-order valence-corrected chi connectivity index (χ0v) is 22.4. The van der Waals surface area contributed by atoms with Gasteiger partial charge >= 0.3 is 0 Å². The summed E-state index contributed by atoms with van der Waals surface area (Å²) in [6, 6.07) is 7.94. The summed E-state index contributed by atoms with van der Waals surface area (Å²) in [7, 11) is 0. The van der Waals surface area contributed by atoms with Crippen LogP contribution < -0.4 is 10.6 Å². The summed E-state index contributed by atoms with van der Waals surface area (Å²) in [4.78, 5) is 28.1. The first kappa shape index (κ1) is 28.1. The van der Waals surface area contributed by atoms with Crippen LogP contribution in [0.2, 0.25) is 0 Å². The average molecular weight is 472 g/mol. The van der Waals surface area contributed by atoms with Crippen molar-refractivity contribution in [2.75, 3.05) is 13.1 Å². The average Bonchev–Trinajstić information content (AvgIpc) is 2.70. The van der Waals surface area contributed by atoms with Crippen LogP contribution in [0.4, 0.5) is 0 Å². The van der Waals surface area contributed by atoms with Crippen molar-refractivity contribution >= 4 is 11.8 Å². The highest BCUT2D eigenvalue weighted by Crippen LogP contribution is 2.26. The SMILES string of the molecule is CC(C)N1CCC(C[C@H](O)CCc2ccccc2C(=O)NC(C)(C)C)=C(C(=O)NC(C)(C)C)C1. The van der Waals surface area contributed by atoms with E-state index in [1.807, 2.05) is 65.8 Å². The van der Waals surface area contributed by atoms with Crippen molar-refractivity contribution in [1.82, 2.24) is 15.5 Å². The highest BCUT2D eigenvalue weighted by molar-refractivity contribution is 5.96. The molecule has 0 fully saturated rings. The van der Waals surface area contributed by atoms with Crippen molar-refractivity contribution in [3.05, 3.63) is 46.5 Å². The zero-order valence-electron chi connectivity index (χ0n) is 22.4. The number of aliphatic hydroxyl groups excluding tert-OH is 1. The molecule has 0 unspecified atom stereocenters. The first-order valence-corrected chi connectivity index (χ1v) is 12.5. The molecule has 0 aliphatic carbocycles. The van der Waals surface area contributed by atoms with Gasteiger partial charge in [0.25, 0.3) is 5.91 Å². The van der Waals surface area contributed by atoms with E-state index >= 15 is 0 Å². The maximum atomic E-state index is 13.1. The van der Waals surface area contributed by atoms with E-state index in [2.05, 4.69) is 29.4 Å². The maximum Gasteiger partial charge on any atom is 0.251 e. The molecule has 3 N–H and O–H groups in total. The Labute approximate surface area is 206 Å². The Hall–Kier alpha value is -2.18. The van der Waals surface area contributed by atoms with Gasteiger partial charge in [-0.05, 0) is 92.7 Å². The van der Waals surface area contributed by atoms with E-state index in [4.69, 9.17) is 0 Å². The van der Waals surface area contributed by atoms with Crippen LogP contribution in [0.3, 0.4) is 0 Å². The maximum absolute atomic E-state index is 13.1. The number of benzene rings is 1.